The average molecular weight is 930 g/mol. The van der Waals surface area contributed by atoms with E-state index < -0.39 is 5.41 Å². The van der Waals surface area contributed by atoms with Crippen LogP contribution in [0.3, 0.4) is 0 Å². The predicted molar refractivity (Wildman–Crippen MR) is 305 cm³/mol. The molecular weight excluding hydrogens is 883 g/mol. The quantitative estimate of drug-likeness (QED) is 0.143. The van der Waals surface area contributed by atoms with E-state index >= 15 is 0 Å². The molecule has 0 atom stereocenters. The van der Waals surface area contributed by atoms with Gasteiger partial charge in [-0.3, -0.25) is 0 Å². The van der Waals surface area contributed by atoms with E-state index in [2.05, 4.69) is 284 Å². The molecule has 2 nitrogen and oxygen atoms in total. The SMILES string of the molecule is c1ccc(C2(c3ccccc3)c3ccccc3-c3ccc(-c4ccc(N(c5ccc(-c6cccc(-c7cccc(-c8ccc9ccccc9c8)c7)c6)cc5)c5cccc6c5oc5ccccc56)cc4)cc32)cc1. The zero-order valence-corrected chi connectivity index (χ0v) is 40.0. The van der Waals surface area contributed by atoms with Gasteiger partial charge in [-0.15, -0.1) is 0 Å². The molecule has 0 spiro atoms. The topological polar surface area (TPSA) is 16.4 Å². The number of para-hydroxylation sites is 2. The van der Waals surface area contributed by atoms with Gasteiger partial charge in [0.2, 0.25) is 0 Å². The summed E-state index contributed by atoms with van der Waals surface area (Å²) in [6.07, 6.45) is 0. The number of furan rings is 1. The van der Waals surface area contributed by atoms with E-state index in [0.717, 1.165) is 55.7 Å². The Morgan fingerprint density at radius 3 is 1.44 bits per heavy atom. The highest BCUT2D eigenvalue weighted by atomic mass is 16.3. The molecule has 0 radical (unpaired) electrons. The molecule has 0 amide bonds. The minimum atomic E-state index is -0.469. The summed E-state index contributed by atoms with van der Waals surface area (Å²) in [6, 6.07) is 104. The van der Waals surface area contributed by atoms with E-state index in [-0.39, 0.29) is 0 Å². The van der Waals surface area contributed by atoms with E-state index in [1.165, 1.54) is 72.0 Å². The first-order valence-electron chi connectivity index (χ1n) is 25.1. The molecule has 14 rings (SSSR count). The summed E-state index contributed by atoms with van der Waals surface area (Å²) in [7, 11) is 0. The van der Waals surface area contributed by atoms with Crippen LogP contribution in [0.5, 0.6) is 0 Å². The highest BCUT2D eigenvalue weighted by Gasteiger charge is 2.46. The number of hydrogen-bond donors (Lipinski definition) is 0. The molecule has 0 bridgehead atoms. The normalized spacial score (nSPS) is 12.5. The summed E-state index contributed by atoms with van der Waals surface area (Å²) >= 11 is 0. The van der Waals surface area contributed by atoms with Crippen LogP contribution in [0.1, 0.15) is 22.3 Å². The lowest BCUT2D eigenvalue weighted by Crippen LogP contribution is -2.28. The van der Waals surface area contributed by atoms with Crippen molar-refractivity contribution in [2.75, 3.05) is 4.90 Å². The van der Waals surface area contributed by atoms with Crippen molar-refractivity contribution in [2.45, 2.75) is 5.41 Å². The highest BCUT2D eigenvalue weighted by molar-refractivity contribution is 6.10. The van der Waals surface area contributed by atoms with Crippen molar-refractivity contribution in [1.29, 1.82) is 0 Å². The summed E-state index contributed by atoms with van der Waals surface area (Å²) in [4.78, 5) is 2.34. The maximum atomic E-state index is 6.72. The van der Waals surface area contributed by atoms with Gasteiger partial charge in [-0.25, -0.2) is 0 Å². The summed E-state index contributed by atoms with van der Waals surface area (Å²) in [5.74, 6) is 0. The fraction of sp³-hybridized carbons (Fsp3) is 0.0141. The fourth-order valence-corrected chi connectivity index (χ4v) is 11.7. The van der Waals surface area contributed by atoms with E-state index in [0.29, 0.717) is 0 Å². The van der Waals surface area contributed by atoms with Crippen molar-refractivity contribution < 1.29 is 4.42 Å². The lowest BCUT2D eigenvalue weighted by Gasteiger charge is -2.34. The molecule has 1 aromatic heterocycles. The van der Waals surface area contributed by atoms with Gasteiger partial charge < -0.3 is 9.32 Å². The van der Waals surface area contributed by atoms with Crippen LogP contribution >= 0.6 is 0 Å². The van der Waals surface area contributed by atoms with Crippen molar-refractivity contribution in [3.05, 3.63) is 307 Å². The summed E-state index contributed by atoms with van der Waals surface area (Å²) < 4.78 is 6.72. The second kappa shape index (κ2) is 17.4. The van der Waals surface area contributed by atoms with Gasteiger partial charge in [0, 0.05) is 22.1 Å². The third kappa shape index (κ3) is 7.10. The maximum absolute atomic E-state index is 6.72. The maximum Gasteiger partial charge on any atom is 0.159 e. The Labute approximate surface area is 425 Å². The molecule has 0 aliphatic heterocycles. The van der Waals surface area contributed by atoms with E-state index in [1.807, 2.05) is 6.07 Å². The third-order valence-corrected chi connectivity index (χ3v) is 15.1. The van der Waals surface area contributed by atoms with Crippen LogP contribution in [0.25, 0.3) is 88.3 Å². The van der Waals surface area contributed by atoms with Gasteiger partial charge in [0.1, 0.15) is 5.58 Å². The molecule has 0 saturated heterocycles. The molecule has 2 heteroatoms. The van der Waals surface area contributed by atoms with Crippen LogP contribution in [-0.2, 0) is 5.41 Å². The van der Waals surface area contributed by atoms with Crippen molar-refractivity contribution in [1.82, 2.24) is 0 Å². The van der Waals surface area contributed by atoms with E-state index in [4.69, 9.17) is 4.42 Å². The standard InChI is InChI=1S/C71H47NO/c1-3-22-58(23-4-1)71(59-24-5-2-6-25-59)66-29-11-9-26-62(66)63-43-38-57(47-67(63)71)50-36-41-61(42-37-50)72(68-30-15-28-65-64-27-10-12-31-69(64)73-70(65)68)60-39-34-49(35-40-60)52-18-13-19-53(44-52)54-20-14-21-55(46-54)56-33-32-48-16-7-8-17-51(48)45-56/h1-47H. The molecule has 1 aliphatic carbocycles. The van der Waals surface area contributed by atoms with Crippen LogP contribution in [0.15, 0.2) is 290 Å². The molecule has 342 valence electrons. The molecule has 12 aromatic carbocycles. The Morgan fingerprint density at radius 2 is 0.767 bits per heavy atom. The van der Waals surface area contributed by atoms with Crippen LogP contribution in [0, 0.1) is 0 Å². The first-order chi connectivity index (χ1) is 36.2. The van der Waals surface area contributed by atoms with E-state index in [9.17, 15) is 0 Å². The second-order valence-electron chi connectivity index (χ2n) is 19.2. The number of nitrogens with zero attached hydrogens (tertiary/aromatic N) is 1. The first-order valence-corrected chi connectivity index (χ1v) is 25.1. The Kier molecular flexibility index (Phi) is 10.1. The van der Waals surface area contributed by atoms with Crippen molar-refractivity contribution in [2.24, 2.45) is 0 Å². The molecular formula is C71H47NO. The number of hydrogen-bond acceptors (Lipinski definition) is 2. The van der Waals surface area contributed by atoms with Crippen LogP contribution < -0.4 is 4.90 Å². The largest absolute Gasteiger partial charge is 0.454 e. The van der Waals surface area contributed by atoms with Crippen molar-refractivity contribution >= 4 is 49.8 Å². The third-order valence-electron chi connectivity index (χ3n) is 15.1. The minimum absolute atomic E-state index is 0.469. The summed E-state index contributed by atoms with van der Waals surface area (Å²) in [5.41, 5.74) is 21.4. The van der Waals surface area contributed by atoms with Crippen molar-refractivity contribution in [3.63, 3.8) is 0 Å². The molecule has 0 N–H and O–H groups in total. The second-order valence-corrected chi connectivity index (χ2v) is 19.2. The smallest absolute Gasteiger partial charge is 0.159 e. The highest BCUT2D eigenvalue weighted by Crippen LogP contribution is 2.57. The summed E-state index contributed by atoms with van der Waals surface area (Å²) in [5, 5.41) is 4.69. The van der Waals surface area contributed by atoms with Gasteiger partial charge in [-0.05, 0) is 149 Å². The minimum Gasteiger partial charge on any atom is -0.454 e. The Bertz CT molecular complexity index is 4150. The molecule has 0 saturated carbocycles. The van der Waals surface area contributed by atoms with Gasteiger partial charge >= 0.3 is 0 Å². The predicted octanol–water partition coefficient (Wildman–Crippen LogP) is 19.2. The zero-order valence-electron chi connectivity index (χ0n) is 40.0. The number of benzene rings is 12. The summed E-state index contributed by atoms with van der Waals surface area (Å²) in [6.45, 7) is 0. The lowest BCUT2D eigenvalue weighted by atomic mass is 9.67. The van der Waals surface area contributed by atoms with Gasteiger partial charge in [0.05, 0.1) is 11.1 Å². The molecule has 73 heavy (non-hydrogen) atoms. The van der Waals surface area contributed by atoms with Gasteiger partial charge in [0.15, 0.2) is 5.58 Å². The Hall–Kier alpha value is -9.50. The number of rotatable bonds is 9. The number of fused-ring (bicyclic) bond motifs is 7. The molecule has 0 fully saturated rings. The molecule has 0 unspecified atom stereocenters. The van der Waals surface area contributed by atoms with Crippen LogP contribution in [0.4, 0.5) is 17.1 Å². The zero-order chi connectivity index (χ0) is 48.3. The average Bonchev–Trinajstić information content (AvgIpc) is 4.04. The van der Waals surface area contributed by atoms with Gasteiger partial charge in [-0.1, -0.05) is 224 Å². The fourth-order valence-electron chi connectivity index (χ4n) is 11.7. The monoisotopic (exact) mass is 929 g/mol. The Morgan fingerprint density at radius 1 is 0.288 bits per heavy atom. The lowest BCUT2D eigenvalue weighted by molar-refractivity contribution is 0.669. The van der Waals surface area contributed by atoms with Crippen LogP contribution in [0.2, 0.25) is 0 Å². The molecule has 1 aliphatic rings. The van der Waals surface area contributed by atoms with Gasteiger partial charge in [0.25, 0.3) is 0 Å². The molecule has 13 aromatic rings. The van der Waals surface area contributed by atoms with E-state index in [1.54, 1.807) is 0 Å². The Balaban J connectivity index is 0.842. The number of anilines is 3. The first kappa shape index (κ1) is 42.4. The van der Waals surface area contributed by atoms with Crippen LogP contribution in [-0.4, -0.2) is 0 Å². The van der Waals surface area contributed by atoms with Crippen molar-refractivity contribution in [3.8, 4) is 55.6 Å². The van der Waals surface area contributed by atoms with Gasteiger partial charge in [-0.2, -0.15) is 0 Å². The molecule has 1 heterocycles.